The third-order valence-corrected chi connectivity index (χ3v) is 3.79. The van der Waals surface area contributed by atoms with Gasteiger partial charge >= 0.3 is 5.69 Å². The zero-order chi connectivity index (χ0) is 18.9. The number of anilines is 1. The summed E-state index contributed by atoms with van der Waals surface area (Å²) in [5, 5.41) is 9.64. The molecule has 0 spiro atoms. The summed E-state index contributed by atoms with van der Waals surface area (Å²) < 4.78 is 0. The monoisotopic (exact) mass is 358 g/mol. The van der Waals surface area contributed by atoms with E-state index in [1.165, 1.54) is 0 Å². The number of nitrogens with zero attached hydrogens (tertiary/aromatic N) is 3. The van der Waals surface area contributed by atoms with E-state index in [2.05, 4.69) is 44.5 Å². The second-order valence-corrected chi connectivity index (χ2v) is 5.51. The van der Waals surface area contributed by atoms with Crippen LogP contribution in [0.25, 0.3) is 0 Å². The van der Waals surface area contributed by atoms with Crippen LogP contribution in [0.15, 0.2) is 39.0 Å². The predicted molar refractivity (Wildman–Crippen MR) is 99.5 cm³/mol. The van der Waals surface area contributed by atoms with Crippen molar-refractivity contribution in [2.45, 2.75) is 26.7 Å². The zero-order valence-corrected chi connectivity index (χ0v) is 14.8. The summed E-state index contributed by atoms with van der Waals surface area (Å²) in [5.41, 5.74) is 3.21. The predicted octanol–water partition coefficient (Wildman–Crippen LogP) is 0.387. The minimum Gasteiger partial charge on any atom is -0.372 e. The lowest BCUT2D eigenvalue weighted by molar-refractivity contribution is -0.121. The van der Waals surface area contributed by atoms with Gasteiger partial charge in [0.1, 0.15) is 5.69 Å². The summed E-state index contributed by atoms with van der Waals surface area (Å²) in [5.74, 6) is -0.353. The van der Waals surface area contributed by atoms with Gasteiger partial charge in [-0.3, -0.25) is 14.6 Å². The number of aromatic nitrogens is 3. The molecule has 9 nitrogen and oxygen atoms in total. The van der Waals surface area contributed by atoms with Crippen molar-refractivity contribution >= 4 is 17.8 Å². The second kappa shape index (κ2) is 9.30. The van der Waals surface area contributed by atoms with Crippen molar-refractivity contribution in [1.82, 2.24) is 20.6 Å². The van der Waals surface area contributed by atoms with E-state index < -0.39 is 11.2 Å². The van der Waals surface area contributed by atoms with Crippen LogP contribution >= 0.6 is 0 Å². The van der Waals surface area contributed by atoms with E-state index >= 15 is 0 Å². The molecule has 26 heavy (non-hydrogen) atoms. The summed E-state index contributed by atoms with van der Waals surface area (Å²) >= 11 is 0. The van der Waals surface area contributed by atoms with Gasteiger partial charge in [0.25, 0.3) is 5.56 Å². The molecule has 0 saturated heterocycles. The molecular weight excluding hydrogens is 336 g/mol. The van der Waals surface area contributed by atoms with E-state index in [0.717, 1.165) is 24.3 Å². The first-order valence-corrected chi connectivity index (χ1v) is 8.38. The molecule has 3 N–H and O–H groups in total. The highest BCUT2D eigenvalue weighted by Gasteiger charge is 2.06. The van der Waals surface area contributed by atoms with Gasteiger partial charge in [-0.05, 0) is 31.5 Å². The lowest BCUT2D eigenvalue weighted by atomic mass is 10.2. The SMILES string of the molecule is CCN(CC)c1ccc(/C=N/NC(=O)CCc2n[nH]c(=O)[nH]c2=O)cc1. The van der Waals surface area contributed by atoms with Gasteiger partial charge in [-0.25, -0.2) is 15.3 Å². The van der Waals surface area contributed by atoms with Crippen molar-refractivity contribution < 1.29 is 4.79 Å². The standard InChI is InChI=1S/C17H22N6O3/c1-3-23(4-2)13-7-5-12(6-8-13)11-18-21-15(24)10-9-14-16(25)19-17(26)22-20-14/h5-8,11H,3-4,9-10H2,1-2H3,(H,21,24)(H2,19,22,25,26)/b18-11+. The van der Waals surface area contributed by atoms with Crippen molar-refractivity contribution in [2.75, 3.05) is 18.0 Å². The van der Waals surface area contributed by atoms with Gasteiger partial charge in [-0.1, -0.05) is 12.1 Å². The molecule has 0 atom stereocenters. The molecule has 1 amide bonds. The Balaban J connectivity index is 1.84. The van der Waals surface area contributed by atoms with Crippen LogP contribution in [0, 0.1) is 0 Å². The number of carbonyl (C=O) groups excluding carboxylic acids is 1. The molecule has 0 bridgehead atoms. The Kier molecular flexibility index (Phi) is 6.84. The van der Waals surface area contributed by atoms with Crippen LogP contribution < -0.4 is 21.6 Å². The van der Waals surface area contributed by atoms with Crippen LogP contribution in [-0.4, -0.2) is 40.4 Å². The molecule has 138 valence electrons. The molecule has 0 radical (unpaired) electrons. The Bertz CT molecular complexity index is 865. The van der Waals surface area contributed by atoms with Crippen LogP contribution in [0.1, 0.15) is 31.5 Å². The maximum Gasteiger partial charge on any atom is 0.342 e. The molecule has 2 aromatic rings. The summed E-state index contributed by atoms with van der Waals surface area (Å²) in [6, 6.07) is 7.86. The van der Waals surface area contributed by atoms with Crippen molar-refractivity contribution in [3.63, 3.8) is 0 Å². The molecular formula is C17H22N6O3. The van der Waals surface area contributed by atoms with E-state index in [0.29, 0.717) is 0 Å². The Hall–Kier alpha value is -3.23. The number of carbonyl (C=O) groups is 1. The number of nitrogens with one attached hydrogen (secondary N) is 3. The number of hydrogen-bond donors (Lipinski definition) is 3. The summed E-state index contributed by atoms with van der Waals surface area (Å²) in [6.07, 6.45) is 1.68. The van der Waals surface area contributed by atoms with Crippen molar-refractivity contribution in [3.8, 4) is 0 Å². The topological polar surface area (TPSA) is 123 Å². The number of amides is 1. The highest BCUT2D eigenvalue weighted by molar-refractivity contribution is 5.82. The molecule has 0 fully saturated rings. The molecule has 0 aliphatic rings. The molecule has 0 saturated carbocycles. The first-order chi connectivity index (χ1) is 12.5. The van der Waals surface area contributed by atoms with Gasteiger partial charge in [0.05, 0.1) is 6.21 Å². The molecule has 9 heteroatoms. The number of hydrogen-bond acceptors (Lipinski definition) is 6. The van der Waals surface area contributed by atoms with Crippen LogP contribution in [-0.2, 0) is 11.2 Å². The highest BCUT2D eigenvalue weighted by atomic mass is 16.2. The summed E-state index contributed by atoms with van der Waals surface area (Å²) in [4.78, 5) is 38.4. The first kappa shape index (κ1) is 19.1. The van der Waals surface area contributed by atoms with Crippen molar-refractivity contribution in [1.29, 1.82) is 0 Å². The fraction of sp³-hybridized carbons (Fsp3) is 0.353. The minimum absolute atomic E-state index is 0.0281. The fourth-order valence-electron chi connectivity index (χ4n) is 2.37. The molecule has 1 aromatic carbocycles. The average molecular weight is 358 g/mol. The van der Waals surface area contributed by atoms with Crippen molar-refractivity contribution in [2.24, 2.45) is 5.10 Å². The number of aryl methyl sites for hydroxylation is 1. The number of rotatable bonds is 8. The molecule has 2 rings (SSSR count). The number of H-pyrrole nitrogens is 2. The summed E-state index contributed by atoms with van der Waals surface area (Å²) in [6.45, 7) is 6.08. The lowest BCUT2D eigenvalue weighted by Gasteiger charge is -2.20. The van der Waals surface area contributed by atoms with E-state index in [-0.39, 0.29) is 24.4 Å². The molecule has 0 aliphatic heterocycles. The first-order valence-electron chi connectivity index (χ1n) is 8.38. The molecule has 0 unspecified atom stereocenters. The maximum absolute atomic E-state index is 11.8. The van der Waals surface area contributed by atoms with E-state index in [9.17, 15) is 14.4 Å². The van der Waals surface area contributed by atoms with Gasteiger partial charge in [-0.15, -0.1) is 0 Å². The third-order valence-electron chi connectivity index (χ3n) is 3.79. The Labute approximate surface area is 150 Å². The van der Waals surface area contributed by atoms with E-state index in [1.807, 2.05) is 24.3 Å². The number of aromatic amines is 2. The normalized spacial score (nSPS) is 10.8. The van der Waals surface area contributed by atoms with Crippen LogP contribution in [0.5, 0.6) is 0 Å². The molecule has 0 aliphatic carbocycles. The lowest BCUT2D eigenvalue weighted by Crippen LogP contribution is -2.28. The Morgan fingerprint density at radius 2 is 1.92 bits per heavy atom. The van der Waals surface area contributed by atoms with Gasteiger partial charge in [0.15, 0.2) is 0 Å². The number of benzene rings is 1. The van der Waals surface area contributed by atoms with E-state index in [1.54, 1.807) is 6.21 Å². The van der Waals surface area contributed by atoms with Crippen LogP contribution in [0.4, 0.5) is 5.69 Å². The smallest absolute Gasteiger partial charge is 0.342 e. The maximum atomic E-state index is 11.8. The minimum atomic E-state index is -0.681. The Morgan fingerprint density at radius 3 is 2.54 bits per heavy atom. The second-order valence-electron chi connectivity index (χ2n) is 5.51. The zero-order valence-electron chi connectivity index (χ0n) is 14.8. The quantitative estimate of drug-likeness (QED) is 0.465. The van der Waals surface area contributed by atoms with Gasteiger partial charge in [-0.2, -0.15) is 10.2 Å². The number of hydrazone groups is 1. The van der Waals surface area contributed by atoms with Crippen LogP contribution in [0.2, 0.25) is 0 Å². The summed E-state index contributed by atoms with van der Waals surface area (Å²) in [7, 11) is 0. The van der Waals surface area contributed by atoms with Crippen molar-refractivity contribution in [3.05, 3.63) is 56.4 Å². The highest BCUT2D eigenvalue weighted by Crippen LogP contribution is 2.13. The largest absolute Gasteiger partial charge is 0.372 e. The van der Waals surface area contributed by atoms with Gasteiger partial charge in [0.2, 0.25) is 5.91 Å². The molecule has 1 aromatic heterocycles. The Morgan fingerprint density at radius 1 is 1.23 bits per heavy atom. The third kappa shape index (κ3) is 5.40. The van der Waals surface area contributed by atoms with Crippen LogP contribution in [0.3, 0.4) is 0 Å². The average Bonchev–Trinajstić information content (AvgIpc) is 2.63. The molecule has 1 heterocycles. The fourth-order valence-corrected chi connectivity index (χ4v) is 2.37. The van der Waals surface area contributed by atoms with Gasteiger partial charge in [0, 0.05) is 31.6 Å². The van der Waals surface area contributed by atoms with E-state index in [4.69, 9.17) is 0 Å². The van der Waals surface area contributed by atoms with Gasteiger partial charge < -0.3 is 4.90 Å².